The highest BCUT2D eigenvalue weighted by atomic mass is 79.9. The van der Waals surface area contributed by atoms with E-state index in [-0.39, 0.29) is 19.1 Å². The molecular weight excluding hydrogens is 248 g/mol. The van der Waals surface area contributed by atoms with Crippen molar-refractivity contribution in [2.24, 2.45) is 0 Å². The lowest BCUT2D eigenvalue weighted by Crippen LogP contribution is -2.27. The standard InChI is InChI=1S/C9H11BrN2O2/c10-6-2-1-3-7(11)8(6)9(14)12-4-5-13/h1-3,13H,4-5,11H2,(H,12,14). The Kier molecular flexibility index (Phi) is 3.91. The van der Waals surface area contributed by atoms with Gasteiger partial charge in [-0.05, 0) is 28.1 Å². The third-order valence-corrected chi connectivity index (χ3v) is 2.33. The van der Waals surface area contributed by atoms with Crippen molar-refractivity contribution in [2.45, 2.75) is 0 Å². The van der Waals surface area contributed by atoms with Gasteiger partial charge in [0.1, 0.15) is 0 Å². The van der Waals surface area contributed by atoms with Gasteiger partial charge in [-0.2, -0.15) is 0 Å². The lowest BCUT2D eigenvalue weighted by Gasteiger charge is -2.07. The highest BCUT2D eigenvalue weighted by Gasteiger charge is 2.12. The molecule has 14 heavy (non-hydrogen) atoms. The summed E-state index contributed by atoms with van der Waals surface area (Å²) in [5.74, 6) is -0.288. The summed E-state index contributed by atoms with van der Waals surface area (Å²) in [4.78, 5) is 11.5. The number of benzene rings is 1. The van der Waals surface area contributed by atoms with Gasteiger partial charge in [0, 0.05) is 16.7 Å². The highest BCUT2D eigenvalue weighted by molar-refractivity contribution is 9.10. The van der Waals surface area contributed by atoms with Crippen molar-refractivity contribution in [3.8, 4) is 0 Å². The second-order valence-corrected chi connectivity index (χ2v) is 3.54. The molecular formula is C9H11BrN2O2. The molecule has 0 fully saturated rings. The minimum absolute atomic E-state index is 0.0872. The predicted molar refractivity (Wildman–Crippen MR) is 58.0 cm³/mol. The first-order valence-corrected chi connectivity index (χ1v) is 4.89. The number of aliphatic hydroxyl groups is 1. The first-order chi connectivity index (χ1) is 6.66. The zero-order chi connectivity index (χ0) is 10.6. The average Bonchev–Trinajstić information content (AvgIpc) is 2.14. The lowest BCUT2D eigenvalue weighted by molar-refractivity contribution is 0.0945. The molecule has 0 atom stereocenters. The Morgan fingerprint density at radius 2 is 2.29 bits per heavy atom. The van der Waals surface area contributed by atoms with Crippen molar-refractivity contribution in [1.82, 2.24) is 5.32 Å². The number of halogens is 1. The molecule has 1 rings (SSSR count). The van der Waals surface area contributed by atoms with Crippen LogP contribution in [0.1, 0.15) is 10.4 Å². The fourth-order valence-corrected chi connectivity index (χ4v) is 1.60. The van der Waals surface area contributed by atoms with E-state index >= 15 is 0 Å². The third kappa shape index (κ3) is 2.46. The number of aliphatic hydroxyl groups excluding tert-OH is 1. The molecule has 0 unspecified atom stereocenters. The minimum atomic E-state index is -0.288. The molecule has 0 saturated carbocycles. The molecule has 0 bridgehead atoms. The van der Waals surface area contributed by atoms with Crippen LogP contribution < -0.4 is 11.1 Å². The molecule has 1 aromatic carbocycles. The summed E-state index contributed by atoms with van der Waals surface area (Å²) in [6.07, 6.45) is 0. The van der Waals surface area contributed by atoms with E-state index < -0.39 is 0 Å². The molecule has 0 saturated heterocycles. The smallest absolute Gasteiger partial charge is 0.254 e. The molecule has 0 heterocycles. The molecule has 0 aromatic heterocycles. The Bertz CT molecular complexity index is 321. The maximum atomic E-state index is 11.5. The number of amides is 1. The molecule has 0 spiro atoms. The van der Waals surface area contributed by atoms with Gasteiger partial charge in [0.25, 0.3) is 5.91 Å². The van der Waals surface area contributed by atoms with Gasteiger partial charge < -0.3 is 16.2 Å². The number of carbonyl (C=O) groups excluding carboxylic acids is 1. The van der Waals surface area contributed by atoms with Crippen LogP contribution in [0, 0.1) is 0 Å². The maximum absolute atomic E-state index is 11.5. The highest BCUT2D eigenvalue weighted by Crippen LogP contribution is 2.21. The van der Waals surface area contributed by atoms with E-state index in [2.05, 4.69) is 21.2 Å². The van der Waals surface area contributed by atoms with Gasteiger partial charge in [0.15, 0.2) is 0 Å². The number of carbonyl (C=O) groups is 1. The van der Waals surface area contributed by atoms with Crippen LogP contribution in [0.3, 0.4) is 0 Å². The van der Waals surface area contributed by atoms with Gasteiger partial charge in [-0.1, -0.05) is 6.07 Å². The summed E-state index contributed by atoms with van der Waals surface area (Å²) in [6, 6.07) is 5.14. The number of hydrogen-bond donors (Lipinski definition) is 3. The van der Waals surface area contributed by atoms with E-state index in [1.807, 2.05) is 0 Å². The van der Waals surface area contributed by atoms with Gasteiger partial charge in [0.05, 0.1) is 12.2 Å². The number of nitrogens with two attached hydrogens (primary N) is 1. The molecule has 76 valence electrons. The molecule has 1 amide bonds. The minimum Gasteiger partial charge on any atom is -0.398 e. The first-order valence-electron chi connectivity index (χ1n) is 4.10. The van der Waals surface area contributed by atoms with Gasteiger partial charge in [-0.3, -0.25) is 4.79 Å². The molecule has 0 aliphatic carbocycles. The average molecular weight is 259 g/mol. The molecule has 4 nitrogen and oxygen atoms in total. The molecule has 4 N–H and O–H groups in total. The zero-order valence-corrected chi connectivity index (χ0v) is 9.04. The Hall–Kier alpha value is -1.07. The van der Waals surface area contributed by atoms with Crippen LogP contribution in [0.4, 0.5) is 5.69 Å². The summed E-state index contributed by atoms with van der Waals surface area (Å²) < 4.78 is 0.646. The van der Waals surface area contributed by atoms with Crippen molar-refractivity contribution in [3.05, 3.63) is 28.2 Å². The Balaban J connectivity index is 2.89. The first kappa shape index (κ1) is 11.0. The number of nitrogen functional groups attached to an aromatic ring is 1. The van der Waals surface area contributed by atoms with Gasteiger partial charge in [0.2, 0.25) is 0 Å². The summed E-state index contributed by atoms with van der Waals surface area (Å²) in [5, 5.41) is 11.1. The van der Waals surface area contributed by atoms with E-state index in [1.54, 1.807) is 18.2 Å². The van der Waals surface area contributed by atoms with Crippen LogP contribution in [0.5, 0.6) is 0 Å². The van der Waals surface area contributed by atoms with Crippen molar-refractivity contribution in [2.75, 3.05) is 18.9 Å². The van der Waals surface area contributed by atoms with Crippen LogP contribution in [-0.4, -0.2) is 24.2 Å². The van der Waals surface area contributed by atoms with E-state index in [4.69, 9.17) is 10.8 Å². The van der Waals surface area contributed by atoms with Gasteiger partial charge in [-0.25, -0.2) is 0 Å². The van der Waals surface area contributed by atoms with Crippen molar-refractivity contribution >= 4 is 27.5 Å². The lowest BCUT2D eigenvalue weighted by atomic mass is 10.1. The van der Waals surface area contributed by atoms with Crippen LogP contribution in [0.15, 0.2) is 22.7 Å². The van der Waals surface area contributed by atoms with E-state index in [9.17, 15) is 4.79 Å². The topological polar surface area (TPSA) is 75.4 Å². The Labute approximate surface area is 90.2 Å². The molecule has 0 radical (unpaired) electrons. The van der Waals surface area contributed by atoms with E-state index in [0.29, 0.717) is 15.7 Å². The molecule has 0 aliphatic rings. The molecule has 0 aliphatic heterocycles. The summed E-state index contributed by atoms with van der Waals surface area (Å²) in [5.41, 5.74) is 6.46. The maximum Gasteiger partial charge on any atom is 0.254 e. The zero-order valence-electron chi connectivity index (χ0n) is 7.46. The Morgan fingerprint density at radius 1 is 1.57 bits per heavy atom. The number of nitrogens with one attached hydrogen (secondary N) is 1. The summed E-state index contributed by atoms with van der Waals surface area (Å²) in [7, 11) is 0. The number of rotatable bonds is 3. The van der Waals surface area contributed by atoms with Crippen molar-refractivity contribution in [1.29, 1.82) is 0 Å². The van der Waals surface area contributed by atoms with Gasteiger partial charge >= 0.3 is 0 Å². The summed E-state index contributed by atoms with van der Waals surface area (Å²) in [6.45, 7) is 0.135. The van der Waals surface area contributed by atoms with E-state index in [0.717, 1.165) is 0 Å². The second kappa shape index (κ2) is 4.97. The van der Waals surface area contributed by atoms with Crippen molar-refractivity contribution in [3.63, 3.8) is 0 Å². The quantitative estimate of drug-likeness (QED) is 0.701. The van der Waals surface area contributed by atoms with Gasteiger partial charge in [-0.15, -0.1) is 0 Å². The van der Waals surface area contributed by atoms with Crippen LogP contribution in [0.2, 0.25) is 0 Å². The molecule has 5 heteroatoms. The fourth-order valence-electron chi connectivity index (χ4n) is 1.04. The van der Waals surface area contributed by atoms with Crippen LogP contribution in [-0.2, 0) is 0 Å². The Morgan fingerprint density at radius 3 is 2.86 bits per heavy atom. The monoisotopic (exact) mass is 258 g/mol. The van der Waals surface area contributed by atoms with Crippen LogP contribution >= 0.6 is 15.9 Å². The number of anilines is 1. The summed E-state index contributed by atoms with van der Waals surface area (Å²) >= 11 is 3.24. The number of hydrogen-bond acceptors (Lipinski definition) is 3. The van der Waals surface area contributed by atoms with E-state index in [1.165, 1.54) is 0 Å². The largest absolute Gasteiger partial charge is 0.398 e. The molecule has 1 aromatic rings. The fraction of sp³-hybridized carbons (Fsp3) is 0.222. The normalized spacial score (nSPS) is 9.86. The third-order valence-electron chi connectivity index (χ3n) is 1.67. The predicted octanol–water partition coefficient (Wildman–Crippen LogP) is 0.753. The second-order valence-electron chi connectivity index (χ2n) is 2.68. The van der Waals surface area contributed by atoms with Crippen LogP contribution in [0.25, 0.3) is 0 Å². The van der Waals surface area contributed by atoms with Crippen molar-refractivity contribution < 1.29 is 9.90 Å². The SMILES string of the molecule is Nc1cccc(Br)c1C(=O)NCCO.